The van der Waals surface area contributed by atoms with Gasteiger partial charge in [-0.2, -0.15) is 0 Å². The molecule has 176 valence electrons. The van der Waals surface area contributed by atoms with E-state index in [0.29, 0.717) is 11.6 Å². The molecule has 0 atom stereocenters. The fourth-order valence-electron chi connectivity index (χ4n) is 3.32. The second kappa shape index (κ2) is 9.65. The molecule has 1 heterocycles. The van der Waals surface area contributed by atoms with Gasteiger partial charge in [0.25, 0.3) is 10.0 Å². The van der Waals surface area contributed by atoms with Gasteiger partial charge in [-0.05, 0) is 34.6 Å². The number of aliphatic carboxylic acids is 1. The number of carbonyl (C=O) groups is 1. The molecule has 0 aliphatic heterocycles. The van der Waals surface area contributed by atoms with E-state index >= 15 is 0 Å². The van der Waals surface area contributed by atoms with Crippen molar-refractivity contribution < 1.29 is 18.3 Å². The second-order valence-electron chi connectivity index (χ2n) is 9.29. The van der Waals surface area contributed by atoms with Crippen LogP contribution in [-0.4, -0.2) is 31.0 Å². The van der Waals surface area contributed by atoms with Crippen molar-refractivity contribution >= 4 is 32.5 Å². The Balaban J connectivity index is 1.96. The summed E-state index contributed by atoms with van der Waals surface area (Å²) in [6.45, 7) is 10.2. The number of anilines is 1. The quantitative estimate of drug-likeness (QED) is 0.428. The summed E-state index contributed by atoms with van der Waals surface area (Å²) in [7, 11) is -3.98. The smallest absolute Gasteiger partial charge is 0.305 e. The molecule has 0 bridgehead atoms. The minimum atomic E-state index is -3.98. The van der Waals surface area contributed by atoms with E-state index in [4.69, 9.17) is 0 Å². The zero-order chi connectivity index (χ0) is 24.4. The Morgan fingerprint density at radius 3 is 2.18 bits per heavy atom. The first-order valence-electron chi connectivity index (χ1n) is 10.8. The van der Waals surface area contributed by atoms with Gasteiger partial charge >= 0.3 is 5.97 Å². The Morgan fingerprint density at radius 2 is 1.67 bits per heavy atom. The molecule has 2 aromatic carbocycles. The summed E-state index contributed by atoms with van der Waals surface area (Å²) in [5.74, 6) is -0.661. The van der Waals surface area contributed by atoms with Crippen LogP contribution in [0.3, 0.4) is 0 Å². The number of hydrogen-bond acceptors (Lipinski definition) is 5. The molecule has 0 aliphatic rings. The topological polar surface area (TPSA) is 87.6 Å². The van der Waals surface area contributed by atoms with E-state index in [1.165, 1.54) is 16.9 Å². The van der Waals surface area contributed by atoms with Crippen LogP contribution in [0.15, 0.2) is 58.8 Å². The number of nitrogens with zero attached hydrogens (tertiary/aromatic N) is 2. The number of thiazole rings is 1. The molecule has 0 amide bonds. The number of hydrogen-bond donors (Lipinski definition) is 1. The third-order valence-electron chi connectivity index (χ3n) is 5.42. The Morgan fingerprint density at radius 1 is 1.06 bits per heavy atom. The summed E-state index contributed by atoms with van der Waals surface area (Å²) in [5.41, 5.74) is 3.65. The highest BCUT2D eigenvalue weighted by Gasteiger charge is 2.28. The summed E-state index contributed by atoms with van der Waals surface area (Å²) >= 11 is 1.19. The van der Waals surface area contributed by atoms with Crippen LogP contribution in [0.25, 0.3) is 11.3 Å². The number of benzene rings is 2. The molecule has 0 aliphatic carbocycles. The van der Waals surface area contributed by atoms with E-state index < -0.39 is 16.0 Å². The van der Waals surface area contributed by atoms with Gasteiger partial charge in [0.15, 0.2) is 5.13 Å². The van der Waals surface area contributed by atoms with Gasteiger partial charge in [-0.1, -0.05) is 71.0 Å². The first kappa shape index (κ1) is 24.9. The molecule has 0 fully saturated rings. The molecule has 1 N–H and O–H groups in total. The maximum Gasteiger partial charge on any atom is 0.305 e. The lowest BCUT2D eigenvalue weighted by molar-refractivity contribution is -0.136. The van der Waals surface area contributed by atoms with Crippen molar-refractivity contribution in [2.45, 2.75) is 57.3 Å². The summed E-state index contributed by atoms with van der Waals surface area (Å²) in [6, 6.07) is 14.7. The Labute approximate surface area is 200 Å². The Bertz CT molecular complexity index is 1210. The summed E-state index contributed by atoms with van der Waals surface area (Å²) in [6.07, 6.45) is -0.322. The van der Waals surface area contributed by atoms with E-state index in [0.717, 1.165) is 15.4 Å². The molecule has 1 aromatic heterocycles. The van der Waals surface area contributed by atoms with Gasteiger partial charge in [0.05, 0.1) is 17.0 Å². The molecule has 0 spiro atoms. The van der Waals surface area contributed by atoms with Gasteiger partial charge in [-0.3, -0.25) is 4.79 Å². The maximum absolute atomic E-state index is 13.5. The van der Waals surface area contributed by atoms with Gasteiger partial charge in [0, 0.05) is 17.5 Å². The zero-order valence-corrected chi connectivity index (χ0v) is 21.2. The highest BCUT2D eigenvalue weighted by molar-refractivity contribution is 7.93. The van der Waals surface area contributed by atoms with Crippen molar-refractivity contribution in [3.8, 4) is 11.3 Å². The zero-order valence-electron chi connectivity index (χ0n) is 19.6. The van der Waals surface area contributed by atoms with E-state index in [1.807, 2.05) is 24.3 Å². The average Bonchev–Trinajstić information content (AvgIpc) is 3.22. The van der Waals surface area contributed by atoms with Gasteiger partial charge in [0.2, 0.25) is 0 Å². The minimum Gasteiger partial charge on any atom is -0.481 e. The molecule has 0 saturated carbocycles. The summed E-state index contributed by atoms with van der Waals surface area (Å²) in [4.78, 5) is 15.9. The van der Waals surface area contributed by atoms with Crippen molar-refractivity contribution in [2.24, 2.45) is 0 Å². The molecule has 6 nitrogen and oxygen atoms in total. The maximum atomic E-state index is 13.5. The van der Waals surface area contributed by atoms with Crippen LogP contribution in [0.2, 0.25) is 0 Å². The van der Waals surface area contributed by atoms with Crippen LogP contribution in [0.5, 0.6) is 0 Å². The van der Waals surface area contributed by atoms with Gasteiger partial charge < -0.3 is 5.11 Å². The van der Waals surface area contributed by atoms with E-state index in [1.54, 1.807) is 29.6 Å². The van der Waals surface area contributed by atoms with Crippen LogP contribution in [0.1, 0.15) is 58.1 Å². The van der Waals surface area contributed by atoms with Crippen molar-refractivity contribution in [2.75, 3.05) is 10.8 Å². The summed E-state index contributed by atoms with van der Waals surface area (Å²) < 4.78 is 28.0. The SMILES string of the molecule is CC(C)c1ccc(-c2csc(N(CCC(=O)O)S(=O)(=O)c3ccc(C(C)(C)C)cc3)n2)cc1. The molecule has 0 unspecified atom stereocenters. The Kier molecular flexibility index (Phi) is 7.29. The first-order chi connectivity index (χ1) is 15.4. The van der Waals surface area contributed by atoms with E-state index in [-0.39, 0.29) is 28.4 Å². The predicted octanol–water partition coefficient (Wildman–Crippen LogP) is 5.90. The number of sulfonamides is 1. The van der Waals surface area contributed by atoms with E-state index in [9.17, 15) is 18.3 Å². The van der Waals surface area contributed by atoms with Crippen LogP contribution >= 0.6 is 11.3 Å². The fraction of sp³-hybridized carbons (Fsp3) is 0.360. The Hall–Kier alpha value is -2.71. The second-order valence-corrected chi connectivity index (χ2v) is 12.0. The highest BCUT2D eigenvalue weighted by Crippen LogP contribution is 2.32. The number of rotatable bonds is 8. The fourth-order valence-corrected chi connectivity index (χ4v) is 5.82. The number of carboxylic acid groups (broad SMARTS) is 1. The molecule has 3 aromatic rings. The largest absolute Gasteiger partial charge is 0.481 e. The van der Waals surface area contributed by atoms with Crippen molar-refractivity contribution in [1.29, 1.82) is 0 Å². The summed E-state index contributed by atoms with van der Waals surface area (Å²) in [5, 5.41) is 11.2. The monoisotopic (exact) mass is 486 g/mol. The molecular formula is C25H30N2O4S2. The van der Waals surface area contributed by atoms with Gasteiger partial charge in [-0.25, -0.2) is 17.7 Å². The standard InChI is InChI=1S/C25H30N2O4S2/c1-17(2)18-6-8-19(9-7-18)22-16-32-24(26-22)27(15-14-23(28)29)33(30,31)21-12-10-20(11-13-21)25(3,4)5/h6-13,16-17H,14-15H2,1-5H3,(H,28,29). The third kappa shape index (κ3) is 5.81. The average molecular weight is 487 g/mol. The molecule has 3 rings (SSSR count). The van der Waals surface area contributed by atoms with E-state index in [2.05, 4.69) is 39.6 Å². The van der Waals surface area contributed by atoms with Crippen LogP contribution in [0, 0.1) is 0 Å². The van der Waals surface area contributed by atoms with Crippen LogP contribution in [-0.2, 0) is 20.2 Å². The molecule has 0 saturated heterocycles. The molecule has 33 heavy (non-hydrogen) atoms. The van der Waals surface area contributed by atoms with Crippen LogP contribution < -0.4 is 4.31 Å². The molecule has 0 radical (unpaired) electrons. The van der Waals surface area contributed by atoms with Crippen LogP contribution in [0.4, 0.5) is 5.13 Å². The lowest BCUT2D eigenvalue weighted by Gasteiger charge is -2.23. The lowest BCUT2D eigenvalue weighted by atomic mass is 9.87. The van der Waals surface area contributed by atoms with Crippen molar-refractivity contribution in [3.05, 3.63) is 65.0 Å². The van der Waals surface area contributed by atoms with Gasteiger partial charge in [0.1, 0.15) is 0 Å². The van der Waals surface area contributed by atoms with Crippen molar-refractivity contribution in [3.63, 3.8) is 0 Å². The number of aromatic nitrogens is 1. The highest BCUT2D eigenvalue weighted by atomic mass is 32.2. The first-order valence-corrected chi connectivity index (χ1v) is 13.1. The van der Waals surface area contributed by atoms with Crippen molar-refractivity contribution in [1.82, 2.24) is 4.98 Å². The van der Waals surface area contributed by atoms with Gasteiger partial charge in [-0.15, -0.1) is 11.3 Å². The number of carboxylic acids is 1. The predicted molar refractivity (Wildman–Crippen MR) is 134 cm³/mol. The minimum absolute atomic E-state index is 0.110. The molecular weight excluding hydrogens is 456 g/mol. The lowest BCUT2D eigenvalue weighted by Crippen LogP contribution is -2.33. The normalized spacial score (nSPS) is 12.2. The molecule has 8 heteroatoms. The third-order valence-corrected chi connectivity index (χ3v) is 8.20.